The number of carbonyl (C=O) groups is 1. The Bertz CT molecular complexity index is 355. The molecule has 16 heavy (non-hydrogen) atoms. The summed E-state index contributed by atoms with van der Waals surface area (Å²) >= 11 is 0. The minimum Gasteiger partial charge on any atom is -0.469 e. The van der Waals surface area contributed by atoms with Gasteiger partial charge in [0.15, 0.2) is 0 Å². The number of esters is 1. The molecule has 86 valence electrons. The Morgan fingerprint density at radius 2 is 1.94 bits per heavy atom. The zero-order valence-electron chi connectivity index (χ0n) is 9.53. The summed E-state index contributed by atoms with van der Waals surface area (Å²) in [6, 6.07) is 8.83. The van der Waals surface area contributed by atoms with Gasteiger partial charge in [-0.2, -0.15) is 0 Å². The van der Waals surface area contributed by atoms with E-state index in [0.29, 0.717) is 6.42 Å². The van der Waals surface area contributed by atoms with Crippen LogP contribution in [0.1, 0.15) is 24.0 Å². The largest absolute Gasteiger partial charge is 0.469 e. The van der Waals surface area contributed by atoms with Crippen molar-refractivity contribution >= 4 is 5.97 Å². The van der Waals surface area contributed by atoms with Crippen molar-refractivity contribution < 1.29 is 9.53 Å². The number of hydrogen-bond donors (Lipinski definition) is 1. The highest BCUT2D eigenvalue weighted by atomic mass is 16.5. The molecule has 0 radical (unpaired) electrons. The lowest BCUT2D eigenvalue weighted by Gasteiger charge is -2.04. The summed E-state index contributed by atoms with van der Waals surface area (Å²) in [6.07, 6.45) is 2.97. The number of rotatable bonds is 5. The molecular formula is C13H17NO2. The van der Waals surface area contributed by atoms with E-state index in [9.17, 15) is 4.79 Å². The first-order valence-corrected chi connectivity index (χ1v) is 5.66. The van der Waals surface area contributed by atoms with Gasteiger partial charge >= 0.3 is 5.97 Å². The van der Waals surface area contributed by atoms with Gasteiger partial charge in [-0.15, -0.1) is 0 Å². The normalized spacial score (nSPS) is 14.8. The van der Waals surface area contributed by atoms with Gasteiger partial charge in [0.1, 0.15) is 0 Å². The fourth-order valence-corrected chi connectivity index (χ4v) is 1.56. The predicted octanol–water partition coefficient (Wildman–Crippen LogP) is 1.65. The minimum absolute atomic E-state index is 0.191. The zero-order valence-corrected chi connectivity index (χ0v) is 9.53. The standard InChI is InChI=1S/C13H17NO2/c1-16-13(15)8-10-2-4-11(5-3-10)9-14-12-6-7-12/h2-5,12,14H,6-9H2,1H3. The third kappa shape index (κ3) is 3.35. The van der Waals surface area contributed by atoms with Gasteiger partial charge in [-0.25, -0.2) is 0 Å². The van der Waals surface area contributed by atoms with Crippen LogP contribution in [0.5, 0.6) is 0 Å². The molecule has 0 atom stereocenters. The Kier molecular flexibility index (Phi) is 3.57. The van der Waals surface area contributed by atoms with Gasteiger partial charge in [0.25, 0.3) is 0 Å². The summed E-state index contributed by atoms with van der Waals surface area (Å²) < 4.78 is 4.62. The van der Waals surface area contributed by atoms with Crippen LogP contribution in [0, 0.1) is 0 Å². The molecule has 0 aliphatic heterocycles. The summed E-state index contributed by atoms with van der Waals surface area (Å²) in [5, 5.41) is 3.45. The maximum Gasteiger partial charge on any atom is 0.309 e. The molecule has 1 saturated carbocycles. The zero-order chi connectivity index (χ0) is 11.4. The summed E-state index contributed by atoms with van der Waals surface area (Å²) in [7, 11) is 1.41. The van der Waals surface area contributed by atoms with Crippen molar-refractivity contribution in [2.45, 2.75) is 31.8 Å². The van der Waals surface area contributed by atoms with Gasteiger partial charge in [-0.1, -0.05) is 24.3 Å². The highest BCUT2D eigenvalue weighted by Gasteiger charge is 2.19. The predicted molar refractivity (Wildman–Crippen MR) is 62.0 cm³/mol. The third-order valence-electron chi connectivity index (χ3n) is 2.77. The van der Waals surface area contributed by atoms with Crippen LogP contribution < -0.4 is 5.32 Å². The molecule has 0 spiro atoms. The van der Waals surface area contributed by atoms with E-state index >= 15 is 0 Å². The minimum atomic E-state index is -0.191. The van der Waals surface area contributed by atoms with E-state index < -0.39 is 0 Å². The van der Waals surface area contributed by atoms with Crippen LogP contribution in [0.3, 0.4) is 0 Å². The summed E-state index contributed by atoms with van der Waals surface area (Å²) in [6.45, 7) is 0.920. The van der Waals surface area contributed by atoms with Gasteiger partial charge in [0.05, 0.1) is 13.5 Å². The summed E-state index contributed by atoms with van der Waals surface area (Å²) in [5.74, 6) is -0.191. The lowest BCUT2D eigenvalue weighted by atomic mass is 10.1. The van der Waals surface area contributed by atoms with E-state index in [1.165, 1.54) is 25.5 Å². The first-order valence-electron chi connectivity index (χ1n) is 5.66. The number of nitrogens with one attached hydrogen (secondary N) is 1. The average molecular weight is 219 g/mol. The molecule has 0 unspecified atom stereocenters. The van der Waals surface area contributed by atoms with E-state index in [-0.39, 0.29) is 5.97 Å². The van der Waals surface area contributed by atoms with Crippen LogP contribution in [-0.2, 0) is 22.5 Å². The number of benzene rings is 1. The van der Waals surface area contributed by atoms with E-state index in [1.807, 2.05) is 12.1 Å². The fourth-order valence-electron chi connectivity index (χ4n) is 1.56. The van der Waals surface area contributed by atoms with E-state index in [1.54, 1.807) is 0 Å². The maximum atomic E-state index is 11.1. The SMILES string of the molecule is COC(=O)Cc1ccc(CNC2CC2)cc1. The molecule has 1 aliphatic rings. The van der Waals surface area contributed by atoms with Crippen molar-refractivity contribution in [3.8, 4) is 0 Å². The molecule has 0 bridgehead atoms. The van der Waals surface area contributed by atoms with E-state index in [4.69, 9.17) is 0 Å². The van der Waals surface area contributed by atoms with Crippen molar-refractivity contribution in [1.82, 2.24) is 5.32 Å². The maximum absolute atomic E-state index is 11.1. The smallest absolute Gasteiger partial charge is 0.309 e. The lowest BCUT2D eigenvalue weighted by molar-refractivity contribution is -0.139. The number of hydrogen-bond acceptors (Lipinski definition) is 3. The molecule has 1 fully saturated rings. The molecule has 1 N–H and O–H groups in total. The Morgan fingerprint density at radius 3 is 2.50 bits per heavy atom. The summed E-state index contributed by atoms with van der Waals surface area (Å²) in [5.41, 5.74) is 2.27. The van der Waals surface area contributed by atoms with Crippen LogP contribution in [0.25, 0.3) is 0 Å². The van der Waals surface area contributed by atoms with Gasteiger partial charge < -0.3 is 10.1 Å². The van der Waals surface area contributed by atoms with Crippen LogP contribution in [0.4, 0.5) is 0 Å². The monoisotopic (exact) mass is 219 g/mol. The topological polar surface area (TPSA) is 38.3 Å². The molecule has 1 aromatic carbocycles. The number of ether oxygens (including phenoxy) is 1. The second kappa shape index (κ2) is 5.12. The number of methoxy groups -OCH3 is 1. The Hall–Kier alpha value is -1.35. The van der Waals surface area contributed by atoms with Crippen molar-refractivity contribution in [3.05, 3.63) is 35.4 Å². The molecule has 0 saturated heterocycles. The van der Waals surface area contributed by atoms with Crippen molar-refractivity contribution in [1.29, 1.82) is 0 Å². The van der Waals surface area contributed by atoms with Gasteiger partial charge in [0, 0.05) is 12.6 Å². The Labute approximate surface area is 95.8 Å². The van der Waals surface area contributed by atoms with Crippen LogP contribution in [-0.4, -0.2) is 19.1 Å². The average Bonchev–Trinajstić information content (AvgIpc) is 3.12. The first kappa shape index (κ1) is 11.1. The van der Waals surface area contributed by atoms with Crippen molar-refractivity contribution in [2.75, 3.05) is 7.11 Å². The lowest BCUT2D eigenvalue weighted by Crippen LogP contribution is -2.15. The highest BCUT2D eigenvalue weighted by molar-refractivity contribution is 5.72. The molecule has 1 aromatic rings. The quantitative estimate of drug-likeness (QED) is 0.765. The van der Waals surface area contributed by atoms with Gasteiger partial charge in [-0.3, -0.25) is 4.79 Å². The van der Waals surface area contributed by atoms with Crippen molar-refractivity contribution in [2.24, 2.45) is 0 Å². The molecular weight excluding hydrogens is 202 g/mol. The second-order valence-electron chi connectivity index (χ2n) is 4.22. The highest BCUT2D eigenvalue weighted by Crippen LogP contribution is 2.19. The molecule has 3 heteroatoms. The third-order valence-corrected chi connectivity index (χ3v) is 2.77. The Morgan fingerprint density at radius 1 is 1.31 bits per heavy atom. The van der Waals surface area contributed by atoms with Crippen LogP contribution in [0.2, 0.25) is 0 Å². The number of carbonyl (C=O) groups excluding carboxylic acids is 1. The van der Waals surface area contributed by atoms with Gasteiger partial charge in [-0.05, 0) is 24.0 Å². The molecule has 0 aromatic heterocycles. The first-order chi connectivity index (χ1) is 7.78. The van der Waals surface area contributed by atoms with E-state index in [2.05, 4.69) is 22.2 Å². The van der Waals surface area contributed by atoms with Crippen LogP contribution >= 0.6 is 0 Å². The molecule has 1 aliphatic carbocycles. The molecule has 2 rings (SSSR count). The second-order valence-corrected chi connectivity index (χ2v) is 4.22. The molecule has 0 heterocycles. The fraction of sp³-hybridized carbons (Fsp3) is 0.462. The van der Waals surface area contributed by atoms with Crippen LogP contribution in [0.15, 0.2) is 24.3 Å². The summed E-state index contributed by atoms with van der Waals surface area (Å²) in [4.78, 5) is 11.1. The Balaban J connectivity index is 1.85. The molecule has 3 nitrogen and oxygen atoms in total. The van der Waals surface area contributed by atoms with E-state index in [0.717, 1.165) is 18.2 Å². The van der Waals surface area contributed by atoms with Gasteiger partial charge in [0.2, 0.25) is 0 Å². The molecule has 0 amide bonds. The van der Waals surface area contributed by atoms with Crippen molar-refractivity contribution in [3.63, 3.8) is 0 Å².